The van der Waals surface area contributed by atoms with Crippen molar-refractivity contribution < 1.29 is 46.1 Å². The Kier molecular flexibility index (Phi) is 8.50. The number of fused-ring (bicyclic) bond motifs is 3. The maximum Gasteiger partial charge on any atom is -1.00 e. The summed E-state index contributed by atoms with van der Waals surface area (Å²) in [4.78, 5) is 0. The van der Waals surface area contributed by atoms with Crippen LogP contribution >= 0.6 is 0 Å². The van der Waals surface area contributed by atoms with Crippen molar-refractivity contribution in [2.24, 2.45) is 23.2 Å². The number of benzene rings is 2. The molecule has 4 bridgehead atoms. The minimum Gasteiger partial charge on any atom is -1.00 e. The Labute approximate surface area is 269 Å². The van der Waals surface area contributed by atoms with Gasteiger partial charge in [0.1, 0.15) is 0 Å². The smallest absolute Gasteiger partial charge is 1.00 e. The molecule has 4 saturated carbocycles. The van der Waals surface area contributed by atoms with Gasteiger partial charge in [-0.3, -0.25) is 0 Å². The fraction of sp³-hybridized carbons (Fsp3) is 0.553. The van der Waals surface area contributed by atoms with E-state index in [0.29, 0.717) is 5.41 Å². The summed E-state index contributed by atoms with van der Waals surface area (Å²) in [6.07, 6.45) is 18.9. The van der Waals surface area contributed by atoms with Crippen LogP contribution in [0.15, 0.2) is 51.8 Å². The van der Waals surface area contributed by atoms with Gasteiger partial charge in [-0.2, -0.15) is 0 Å². The van der Waals surface area contributed by atoms with Gasteiger partial charge in [0.05, 0.1) is 0 Å². The summed E-state index contributed by atoms with van der Waals surface area (Å²) in [6, 6.07) is 12.8. The minimum absolute atomic E-state index is 0. The van der Waals surface area contributed by atoms with E-state index >= 15 is 0 Å². The molecule has 218 valence electrons. The van der Waals surface area contributed by atoms with Gasteiger partial charge in [0.25, 0.3) is 0 Å². The molecular formula is C38H48Cl2Zr. The predicted molar refractivity (Wildman–Crippen MR) is 165 cm³/mol. The summed E-state index contributed by atoms with van der Waals surface area (Å²) in [6.45, 7) is 17.0. The molecule has 0 atom stereocenters. The first-order valence-electron chi connectivity index (χ1n) is 15.8. The van der Waals surface area contributed by atoms with Crippen molar-refractivity contribution >= 4 is 6.48 Å². The van der Waals surface area contributed by atoms with Gasteiger partial charge < -0.3 is 24.8 Å². The normalized spacial score (nSPS) is 27.5. The fourth-order valence-electron chi connectivity index (χ4n) is 9.48. The van der Waals surface area contributed by atoms with Crippen LogP contribution in [-0.2, 0) is 38.5 Å². The van der Waals surface area contributed by atoms with Crippen molar-refractivity contribution in [1.82, 2.24) is 0 Å². The average Bonchev–Trinajstić information content (AvgIpc) is 3.50. The maximum atomic E-state index is 2.74. The molecule has 0 aliphatic heterocycles. The Hall–Kier alpha value is -0.747. The molecule has 0 saturated heterocycles. The molecule has 0 unspecified atom stereocenters. The van der Waals surface area contributed by atoms with Crippen LogP contribution in [0.3, 0.4) is 0 Å². The van der Waals surface area contributed by atoms with Gasteiger partial charge in [0, 0.05) is 0 Å². The van der Waals surface area contributed by atoms with E-state index in [1.165, 1.54) is 56.1 Å². The van der Waals surface area contributed by atoms with Crippen molar-refractivity contribution in [2.45, 2.75) is 111 Å². The SMILES string of the molecule is C/[C](=[Zr+2](\[C]1=CC=CC1)[c]1cc(C(C)(C)C)cc2c1Cc1ccc(C(C)(C)C)cc1-2)C12CC3CC(CC(C3)C1)C2.[Cl-].[Cl-]. The van der Waals surface area contributed by atoms with Crippen LogP contribution in [0.5, 0.6) is 0 Å². The van der Waals surface area contributed by atoms with E-state index in [9.17, 15) is 0 Å². The average molecular weight is 667 g/mol. The van der Waals surface area contributed by atoms with Crippen molar-refractivity contribution in [3.8, 4) is 11.1 Å². The quantitative estimate of drug-likeness (QED) is 0.403. The van der Waals surface area contributed by atoms with Crippen molar-refractivity contribution in [2.75, 3.05) is 0 Å². The van der Waals surface area contributed by atoms with Crippen molar-refractivity contribution in [3.05, 3.63) is 74.1 Å². The number of rotatable bonds is 3. The molecule has 0 heterocycles. The number of halogens is 2. The molecule has 6 aliphatic rings. The van der Waals surface area contributed by atoms with Gasteiger partial charge in [-0.15, -0.1) is 0 Å². The van der Waals surface area contributed by atoms with Crippen molar-refractivity contribution in [1.29, 1.82) is 0 Å². The summed E-state index contributed by atoms with van der Waals surface area (Å²) < 4.78 is 5.68. The first-order valence-corrected chi connectivity index (χ1v) is 19.5. The molecule has 2 aromatic rings. The Morgan fingerprint density at radius 3 is 1.90 bits per heavy atom. The molecular weight excluding hydrogens is 619 g/mol. The molecule has 2 aromatic carbocycles. The molecule has 0 N–H and O–H groups in total. The second-order valence-corrected chi connectivity index (χ2v) is 22.7. The molecule has 0 nitrogen and oxygen atoms in total. The van der Waals surface area contributed by atoms with Crippen LogP contribution in [0.1, 0.15) is 116 Å². The van der Waals surface area contributed by atoms with Gasteiger partial charge in [-0.1, -0.05) is 0 Å². The minimum atomic E-state index is -2.32. The largest absolute Gasteiger partial charge is 1.00 e. The number of hydrogen-bond acceptors (Lipinski definition) is 0. The fourth-order valence-corrected chi connectivity index (χ4v) is 18.0. The van der Waals surface area contributed by atoms with Crippen LogP contribution in [0.25, 0.3) is 11.1 Å². The third-order valence-corrected chi connectivity index (χ3v) is 19.4. The van der Waals surface area contributed by atoms with E-state index in [2.05, 4.69) is 97.0 Å². The van der Waals surface area contributed by atoms with Crippen LogP contribution in [0.4, 0.5) is 0 Å². The predicted octanol–water partition coefficient (Wildman–Crippen LogP) is 3.36. The Balaban J connectivity index is 0.00000169. The van der Waals surface area contributed by atoms with Gasteiger partial charge in [-0.25, -0.2) is 0 Å². The summed E-state index contributed by atoms with van der Waals surface area (Å²) >= 11 is -2.32. The van der Waals surface area contributed by atoms with Gasteiger partial charge in [0.15, 0.2) is 0 Å². The first kappa shape index (κ1) is 31.7. The van der Waals surface area contributed by atoms with Crippen LogP contribution in [0.2, 0.25) is 0 Å². The van der Waals surface area contributed by atoms with Crippen LogP contribution in [-0.4, -0.2) is 3.21 Å². The van der Waals surface area contributed by atoms with E-state index in [4.69, 9.17) is 0 Å². The van der Waals surface area contributed by atoms with E-state index in [1.54, 1.807) is 22.3 Å². The summed E-state index contributed by atoms with van der Waals surface area (Å²) in [5.74, 6) is 3.04. The number of allylic oxidation sites excluding steroid dienone is 4. The monoisotopic (exact) mass is 664 g/mol. The van der Waals surface area contributed by atoms with Crippen LogP contribution in [0, 0.1) is 23.2 Å². The Bertz CT molecular complexity index is 1420. The maximum absolute atomic E-state index is 2.74. The van der Waals surface area contributed by atoms with E-state index in [0.717, 1.165) is 24.2 Å². The van der Waals surface area contributed by atoms with Gasteiger partial charge in [-0.05, 0) is 0 Å². The summed E-state index contributed by atoms with van der Waals surface area (Å²) in [5, 5.41) is 0. The second kappa shape index (κ2) is 11.0. The molecule has 0 spiro atoms. The van der Waals surface area contributed by atoms with Crippen LogP contribution < -0.4 is 28.1 Å². The molecule has 8 rings (SSSR count). The van der Waals surface area contributed by atoms with E-state index < -0.39 is 21.3 Å². The molecule has 0 aromatic heterocycles. The zero-order valence-corrected chi connectivity index (χ0v) is 30.2. The van der Waals surface area contributed by atoms with E-state index in [1.807, 2.05) is 9.76 Å². The Morgan fingerprint density at radius 2 is 1.37 bits per heavy atom. The van der Waals surface area contributed by atoms with Gasteiger partial charge in [0.2, 0.25) is 0 Å². The molecule has 6 aliphatic carbocycles. The molecule has 3 heteroatoms. The second-order valence-electron chi connectivity index (χ2n) is 16.1. The zero-order chi connectivity index (χ0) is 27.3. The number of hydrogen-bond donors (Lipinski definition) is 0. The summed E-state index contributed by atoms with van der Waals surface area (Å²) in [5.41, 5.74) is 10.2. The first-order chi connectivity index (χ1) is 18.4. The molecule has 0 radical (unpaired) electrons. The zero-order valence-electron chi connectivity index (χ0n) is 26.3. The molecule has 4 fully saturated rings. The topological polar surface area (TPSA) is 0 Å². The third kappa shape index (κ3) is 5.42. The summed E-state index contributed by atoms with van der Waals surface area (Å²) in [7, 11) is 0. The van der Waals surface area contributed by atoms with E-state index in [-0.39, 0.29) is 35.6 Å². The molecule has 41 heavy (non-hydrogen) atoms. The van der Waals surface area contributed by atoms with Gasteiger partial charge >= 0.3 is 247 Å². The van der Waals surface area contributed by atoms with Crippen molar-refractivity contribution in [3.63, 3.8) is 0 Å². The third-order valence-electron chi connectivity index (χ3n) is 11.3. The Morgan fingerprint density at radius 1 is 0.780 bits per heavy atom. The molecule has 0 amide bonds. The standard InChI is InChI=1S/C21H25.C12H18.C5H5.2ClH.Zr/c1-20(2,3)16-9-7-14-11-15-8-10-17(21(4,5)6)13-19(15)18(14)12-16;1-2-12-6-9-3-10(7-12)5-11(4-9)8-12;1-2-4-5-3-1;;;/h7,9-10,12-13H,11H2,1-6H3;9-11H,3-8H2,1H3;1-3H,4H2;2*1H;/q;;;;;+2/p-2.